The lowest BCUT2D eigenvalue weighted by Crippen LogP contribution is -2.29. The highest BCUT2D eigenvalue weighted by molar-refractivity contribution is 5.81. The molecule has 11 nitrogen and oxygen atoms in total. The molecule has 0 unspecified atom stereocenters. The summed E-state index contributed by atoms with van der Waals surface area (Å²) in [5.41, 5.74) is 5.63. The number of aromatic nitrogens is 4. The van der Waals surface area contributed by atoms with Crippen molar-refractivity contribution in [1.29, 1.82) is 0 Å². The van der Waals surface area contributed by atoms with Gasteiger partial charge in [0.05, 0.1) is 17.8 Å². The van der Waals surface area contributed by atoms with Crippen LogP contribution >= 0.6 is 0 Å². The summed E-state index contributed by atoms with van der Waals surface area (Å²) in [4.78, 5) is 27.3. The number of pyridine rings is 1. The Kier molecular flexibility index (Phi) is 11.4. The lowest BCUT2D eigenvalue weighted by molar-refractivity contribution is -0.193. The minimum atomic E-state index is -5.08. The second-order valence-corrected chi connectivity index (χ2v) is 10.2. The van der Waals surface area contributed by atoms with E-state index >= 15 is 0 Å². The molecule has 17 heteroatoms. The molecule has 48 heavy (non-hydrogen) atoms. The highest BCUT2D eigenvalue weighted by atomic mass is 19.4. The molecule has 0 saturated carbocycles. The van der Waals surface area contributed by atoms with Gasteiger partial charge >= 0.3 is 24.3 Å². The van der Waals surface area contributed by atoms with Crippen LogP contribution in [0.15, 0.2) is 83.7 Å². The van der Waals surface area contributed by atoms with Crippen LogP contribution in [0, 0.1) is 0 Å². The molecule has 254 valence electrons. The number of hydrogen-bond donors (Lipinski definition) is 4. The average molecular weight is 679 g/mol. The molecule has 6 rings (SSSR count). The first-order valence-electron chi connectivity index (χ1n) is 14.2. The molecule has 4 N–H and O–H groups in total. The highest BCUT2D eigenvalue weighted by Crippen LogP contribution is 2.33. The first-order valence-corrected chi connectivity index (χ1v) is 14.2. The van der Waals surface area contributed by atoms with Crippen LogP contribution in [-0.4, -0.2) is 67.3 Å². The van der Waals surface area contributed by atoms with E-state index in [-0.39, 0.29) is 0 Å². The van der Waals surface area contributed by atoms with Crippen molar-refractivity contribution >= 4 is 28.9 Å². The molecule has 0 atom stereocenters. The van der Waals surface area contributed by atoms with Gasteiger partial charge in [0.2, 0.25) is 5.89 Å². The number of nitrogens with one attached hydrogen (secondary N) is 2. The van der Waals surface area contributed by atoms with Gasteiger partial charge in [0.1, 0.15) is 11.3 Å². The molecule has 0 aliphatic carbocycles. The largest absolute Gasteiger partial charge is 0.490 e. The number of para-hydroxylation sites is 2. The van der Waals surface area contributed by atoms with Crippen LogP contribution in [0.2, 0.25) is 0 Å². The van der Waals surface area contributed by atoms with Crippen molar-refractivity contribution in [2.45, 2.75) is 37.8 Å². The zero-order chi connectivity index (χ0) is 34.9. The lowest BCUT2D eigenvalue weighted by atomic mass is 10.1. The minimum absolute atomic E-state index is 0.436. The summed E-state index contributed by atoms with van der Waals surface area (Å²) in [5, 5.41) is 25.8. The first-order chi connectivity index (χ1) is 22.7. The van der Waals surface area contributed by atoms with Gasteiger partial charge < -0.3 is 25.3 Å². The first kappa shape index (κ1) is 35.4. The number of piperidine rings is 1. The van der Waals surface area contributed by atoms with E-state index in [0.29, 0.717) is 18.5 Å². The zero-order valence-corrected chi connectivity index (χ0v) is 24.8. The van der Waals surface area contributed by atoms with E-state index < -0.39 is 24.3 Å². The fourth-order valence-electron chi connectivity index (χ4n) is 4.45. The smallest absolute Gasteiger partial charge is 0.475 e. The number of halogens is 6. The van der Waals surface area contributed by atoms with E-state index in [0.717, 1.165) is 59.5 Å². The van der Waals surface area contributed by atoms with E-state index in [2.05, 4.69) is 44.8 Å². The summed E-state index contributed by atoms with van der Waals surface area (Å²) < 4.78 is 71.7. The lowest BCUT2D eigenvalue weighted by Gasteiger charge is -2.22. The summed E-state index contributed by atoms with van der Waals surface area (Å²) in [6.45, 7) is 2.73. The highest BCUT2D eigenvalue weighted by Gasteiger charge is 2.38. The summed E-state index contributed by atoms with van der Waals surface area (Å²) in [6.07, 6.45) is -2.04. The maximum Gasteiger partial charge on any atom is 0.490 e. The summed E-state index contributed by atoms with van der Waals surface area (Å²) in [5.74, 6) is -4.22. The Morgan fingerprint density at radius 3 is 2.10 bits per heavy atom. The molecule has 2 aromatic carbocycles. The molecular formula is C31H28F6N6O5. The second kappa shape index (κ2) is 15.4. The number of rotatable bonds is 6. The average Bonchev–Trinajstić information content (AvgIpc) is 3.73. The van der Waals surface area contributed by atoms with Crippen LogP contribution in [0.25, 0.3) is 33.7 Å². The van der Waals surface area contributed by atoms with E-state index in [9.17, 15) is 26.3 Å². The molecule has 1 saturated heterocycles. The number of carbonyl (C=O) groups is 2. The quantitative estimate of drug-likeness (QED) is 0.145. The third-order valence-corrected chi connectivity index (χ3v) is 6.82. The van der Waals surface area contributed by atoms with Gasteiger partial charge in [-0.3, -0.25) is 4.68 Å². The van der Waals surface area contributed by atoms with Crippen molar-refractivity contribution in [2.24, 2.45) is 0 Å². The molecule has 4 heterocycles. The van der Waals surface area contributed by atoms with Gasteiger partial charge in [-0.15, -0.1) is 0 Å². The number of oxazole rings is 1. The molecule has 0 radical (unpaired) electrons. The Morgan fingerprint density at radius 1 is 0.896 bits per heavy atom. The van der Waals surface area contributed by atoms with Crippen LogP contribution in [0.4, 0.5) is 32.2 Å². The zero-order valence-electron chi connectivity index (χ0n) is 24.8. The Labute approximate surface area is 268 Å². The van der Waals surface area contributed by atoms with E-state index in [1.807, 2.05) is 54.9 Å². The van der Waals surface area contributed by atoms with Crippen LogP contribution in [0.1, 0.15) is 24.4 Å². The maximum absolute atomic E-state index is 10.6. The summed E-state index contributed by atoms with van der Waals surface area (Å²) in [7, 11) is 0. The standard InChI is InChI=1S/C27H26N6O.2C2HF3O2/c1-2-6-19(7-3-1)15-29-26-23(27-32-24-8-4-5-9-25(24)34-27)14-20(16-30-26)21-17-31-33(18-21)22-10-12-28-13-11-22;2*3-2(4,5)1(6)7/h1-9,14,16-18,22,28H,10-13,15H2,(H,29,30);2*(H,6,7). The van der Waals surface area contributed by atoms with Crippen LogP contribution in [0.5, 0.6) is 0 Å². The number of fused-ring (bicyclic) bond motifs is 1. The monoisotopic (exact) mass is 678 g/mol. The van der Waals surface area contributed by atoms with Crippen molar-refractivity contribution in [3.8, 4) is 22.6 Å². The van der Waals surface area contributed by atoms with Gasteiger partial charge in [-0.1, -0.05) is 42.5 Å². The molecule has 5 aromatic rings. The fraction of sp³-hybridized carbons (Fsp3) is 0.258. The van der Waals surface area contributed by atoms with Crippen molar-refractivity contribution in [2.75, 3.05) is 18.4 Å². The van der Waals surface area contributed by atoms with Gasteiger partial charge in [-0.05, 0) is 49.7 Å². The summed E-state index contributed by atoms with van der Waals surface area (Å²) >= 11 is 0. The Bertz CT molecular complexity index is 1760. The number of hydrogen-bond acceptors (Lipinski definition) is 8. The predicted octanol–water partition coefficient (Wildman–Crippen LogP) is 6.56. The molecule has 3 aromatic heterocycles. The molecule has 0 amide bonds. The number of nitrogens with zero attached hydrogens (tertiary/aromatic N) is 4. The third-order valence-electron chi connectivity index (χ3n) is 6.82. The molecule has 1 fully saturated rings. The molecule has 1 aliphatic heterocycles. The predicted molar refractivity (Wildman–Crippen MR) is 161 cm³/mol. The Morgan fingerprint density at radius 2 is 1.50 bits per heavy atom. The fourth-order valence-corrected chi connectivity index (χ4v) is 4.45. The molecule has 0 bridgehead atoms. The Hall–Kier alpha value is -5.45. The van der Waals surface area contributed by atoms with Gasteiger partial charge in [0.15, 0.2) is 5.58 Å². The molecular weight excluding hydrogens is 650 g/mol. The van der Waals surface area contributed by atoms with Crippen LogP contribution < -0.4 is 10.6 Å². The third kappa shape index (κ3) is 9.78. The molecule has 0 spiro atoms. The number of alkyl halides is 6. The SMILES string of the molecule is O=C(O)C(F)(F)F.O=C(O)C(F)(F)F.c1ccc(CNc2ncc(-c3cnn(C4CCNCC4)c3)cc2-c2nc3ccccc3o2)cc1. The normalized spacial score (nSPS) is 13.5. The van der Waals surface area contributed by atoms with Crippen molar-refractivity contribution in [3.63, 3.8) is 0 Å². The van der Waals surface area contributed by atoms with Crippen LogP contribution in [0.3, 0.4) is 0 Å². The van der Waals surface area contributed by atoms with Crippen molar-refractivity contribution in [3.05, 3.63) is 84.8 Å². The van der Waals surface area contributed by atoms with Gasteiger partial charge in [-0.25, -0.2) is 19.6 Å². The number of carboxylic acid groups (broad SMARTS) is 2. The van der Waals surface area contributed by atoms with Crippen molar-refractivity contribution < 1.29 is 50.6 Å². The minimum Gasteiger partial charge on any atom is -0.475 e. The van der Waals surface area contributed by atoms with E-state index in [4.69, 9.17) is 34.2 Å². The number of carboxylic acids is 2. The maximum atomic E-state index is 10.6. The van der Waals surface area contributed by atoms with E-state index in [1.165, 1.54) is 5.56 Å². The number of anilines is 1. The van der Waals surface area contributed by atoms with Gasteiger partial charge in [0, 0.05) is 30.1 Å². The van der Waals surface area contributed by atoms with Crippen LogP contribution in [-0.2, 0) is 16.1 Å². The number of benzene rings is 2. The molecule has 1 aliphatic rings. The second-order valence-electron chi connectivity index (χ2n) is 10.2. The summed E-state index contributed by atoms with van der Waals surface area (Å²) in [6, 6.07) is 20.6. The Balaban J connectivity index is 0.000000314. The number of aliphatic carboxylic acids is 2. The van der Waals surface area contributed by atoms with Crippen molar-refractivity contribution in [1.82, 2.24) is 25.1 Å². The van der Waals surface area contributed by atoms with E-state index in [1.54, 1.807) is 0 Å². The topological polar surface area (TPSA) is 155 Å². The van der Waals surface area contributed by atoms with Gasteiger partial charge in [-0.2, -0.15) is 31.4 Å². The van der Waals surface area contributed by atoms with Gasteiger partial charge in [0.25, 0.3) is 0 Å².